The van der Waals surface area contributed by atoms with Crippen LogP contribution >= 0.6 is 0 Å². The van der Waals surface area contributed by atoms with Gasteiger partial charge in [0.1, 0.15) is 0 Å². The molecule has 26 heavy (non-hydrogen) atoms. The van der Waals surface area contributed by atoms with Crippen molar-refractivity contribution in [3.05, 3.63) is 66.4 Å². The van der Waals surface area contributed by atoms with Crippen LogP contribution in [0.25, 0.3) is 22.0 Å². The Kier molecular flexibility index (Phi) is 4.63. The van der Waals surface area contributed by atoms with Gasteiger partial charge in [-0.3, -0.25) is 9.59 Å². The van der Waals surface area contributed by atoms with Crippen molar-refractivity contribution in [2.24, 2.45) is 5.73 Å². The molecule has 0 unspecified atom stereocenters. The zero-order valence-electron chi connectivity index (χ0n) is 14.9. The average molecular weight is 347 g/mol. The van der Waals surface area contributed by atoms with Gasteiger partial charge in [-0.05, 0) is 47.4 Å². The maximum absolute atomic E-state index is 12.0. The van der Waals surface area contributed by atoms with Crippen LogP contribution in [0, 0.1) is 6.92 Å². The Morgan fingerprint density at radius 3 is 2.65 bits per heavy atom. The molecular weight excluding hydrogens is 326 g/mol. The quantitative estimate of drug-likeness (QED) is 0.694. The zero-order valence-corrected chi connectivity index (χ0v) is 14.9. The van der Waals surface area contributed by atoms with E-state index in [2.05, 4.69) is 11.6 Å². The van der Waals surface area contributed by atoms with Crippen LogP contribution in [0.15, 0.2) is 55.3 Å². The molecule has 0 saturated carbocycles. The molecule has 1 aromatic heterocycles. The van der Waals surface area contributed by atoms with E-state index in [-0.39, 0.29) is 18.2 Å². The number of amides is 2. The Balaban J connectivity index is 2.16. The molecule has 0 spiro atoms. The number of rotatable bonds is 5. The van der Waals surface area contributed by atoms with Crippen molar-refractivity contribution >= 4 is 28.4 Å². The number of aromatic amines is 1. The second-order valence-electron chi connectivity index (χ2n) is 6.23. The normalized spacial score (nSPS) is 10.7. The summed E-state index contributed by atoms with van der Waals surface area (Å²) >= 11 is 0. The fraction of sp³-hybridized carbons (Fsp3) is 0.143. The van der Waals surface area contributed by atoms with Crippen molar-refractivity contribution in [3.63, 3.8) is 0 Å². The van der Waals surface area contributed by atoms with Crippen molar-refractivity contribution < 1.29 is 9.59 Å². The van der Waals surface area contributed by atoms with Gasteiger partial charge in [0, 0.05) is 29.8 Å². The number of nitrogens with zero attached hydrogens (tertiary/aromatic N) is 1. The van der Waals surface area contributed by atoms with Gasteiger partial charge in [0.05, 0.1) is 6.42 Å². The van der Waals surface area contributed by atoms with E-state index in [1.165, 1.54) is 6.08 Å². The molecule has 5 nitrogen and oxygen atoms in total. The van der Waals surface area contributed by atoms with E-state index in [0.717, 1.165) is 38.8 Å². The average Bonchev–Trinajstić information content (AvgIpc) is 3.11. The Hall–Kier alpha value is -3.34. The van der Waals surface area contributed by atoms with Crippen molar-refractivity contribution in [1.29, 1.82) is 0 Å². The number of benzene rings is 2. The lowest BCUT2D eigenvalue weighted by atomic mass is 9.94. The number of aromatic nitrogens is 1. The van der Waals surface area contributed by atoms with E-state index in [0.29, 0.717) is 0 Å². The number of carbonyl (C=O) groups excluding carboxylic acids is 2. The molecule has 1 heterocycles. The summed E-state index contributed by atoms with van der Waals surface area (Å²) in [6, 6.07) is 11.8. The van der Waals surface area contributed by atoms with Crippen LogP contribution in [-0.2, 0) is 16.0 Å². The maximum Gasteiger partial charge on any atom is 0.250 e. The first kappa shape index (κ1) is 17.5. The highest BCUT2D eigenvalue weighted by atomic mass is 16.2. The summed E-state index contributed by atoms with van der Waals surface area (Å²) in [6.45, 7) is 5.55. The first-order valence-corrected chi connectivity index (χ1v) is 8.31. The van der Waals surface area contributed by atoms with Gasteiger partial charge in [-0.2, -0.15) is 0 Å². The minimum absolute atomic E-state index is 0.158. The molecule has 0 aliphatic heterocycles. The first-order valence-electron chi connectivity index (χ1n) is 8.31. The molecule has 2 amide bonds. The summed E-state index contributed by atoms with van der Waals surface area (Å²) in [5, 5.41) is 1.02. The molecule has 3 aromatic rings. The van der Waals surface area contributed by atoms with Gasteiger partial charge in [-0.25, -0.2) is 0 Å². The smallest absolute Gasteiger partial charge is 0.250 e. The second-order valence-corrected chi connectivity index (χ2v) is 6.23. The minimum atomic E-state index is -0.364. The van der Waals surface area contributed by atoms with Crippen LogP contribution in [0.4, 0.5) is 5.69 Å². The molecule has 3 N–H and O–H groups in total. The fourth-order valence-electron chi connectivity index (χ4n) is 3.32. The van der Waals surface area contributed by atoms with E-state index in [4.69, 9.17) is 5.73 Å². The lowest BCUT2D eigenvalue weighted by Crippen LogP contribution is -2.24. The number of H-pyrrole nitrogens is 1. The SMILES string of the molecule is C=CC(=O)N(C)c1cccc(-c2ccc(CC(N)=O)c3[nH]ccc23)c1C. The van der Waals surface area contributed by atoms with Crippen molar-refractivity contribution in [3.8, 4) is 11.1 Å². The summed E-state index contributed by atoms with van der Waals surface area (Å²) in [6.07, 6.45) is 3.34. The molecule has 0 bridgehead atoms. The molecule has 3 rings (SSSR count). The number of hydrogen-bond donors (Lipinski definition) is 2. The van der Waals surface area contributed by atoms with Crippen LogP contribution in [0.2, 0.25) is 0 Å². The van der Waals surface area contributed by atoms with Gasteiger partial charge < -0.3 is 15.6 Å². The lowest BCUT2D eigenvalue weighted by Gasteiger charge is -2.20. The fourth-order valence-corrected chi connectivity index (χ4v) is 3.32. The number of hydrogen-bond acceptors (Lipinski definition) is 2. The number of fused-ring (bicyclic) bond motifs is 1. The topological polar surface area (TPSA) is 79.2 Å². The maximum atomic E-state index is 12.0. The number of nitrogens with one attached hydrogen (secondary N) is 1. The van der Waals surface area contributed by atoms with Crippen LogP contribution in [-0.4, -0.2) is 23.8 Å². The van der Waals surface area contributed by atoms with Crippen molar-refractivity contribution in [1.82, 2.24) is 4.98 Å². The van der Waals surface area contributed by atoms with Crippen LogP contribution in [0.3, 0.4) is 0 Å². The van der Waals surface area contributed by atoms with Crippen LogP contribution < -0.4 is 10.6 Å². The van der Waals surface area contributed by atoms with E-state index in [1.54, 1.807) is 11.9 Å². The Morgan fingerprint density at radius 1 is 1.19 bits per heavy atom. The lowest BCUT2D eigenvalue weighted by molar-refractivity contribution is -0.117. The van der Waals surface area contributed by atoms with E-state index in [1.807, 2.05) is 49.5 Å². The number of anilines is 1. The molecule has 0 aliphatic carbocycles. The van der Waals surface area contributed by atoms with Crippen molar-refractivity contribution in [2.75, 3.05) is 11.9 Å². The standard InChI is InChI=1S/C21H21N3O2/c1-4-20(26)24(3)18-7-5-6-15(13(18)2)16-9-8-14(12-19(22)25)21-17(16)10-11-23-21/h4-11,23H,1,12H2,2-3H3,(H2,22,25). The Labute approximate surface area is 152 Å². The predicted molar refractivity (Wildman–Crippen MR) is 105 cm³/mol. The third-order valence-corrected chi connectivity index (χ3v) is 4.64. The molecule has 2 aromatic carbocycles. The van der Waals surface area contributed by atoms with Gasteiger partial charge in [0.15, 0.2) is 0 Å². The predicted octanol–water partition coefficient (Wildman–Crippen LogP) is 3.32. The second kappa shape index (κ2) is 6.88. The molecule has 0 fully saturated rings. The summed E-state index contributed by atoms with van der Waals surface area (Å²) in [4.78, 5) is 28.1. The van der Waals surface area contributed by atoms with Gasteiger partial charge in [0.2, 0.25) is 11.8 Å². The Morgan fingerprint density at radius 2 is 1.96 bits per heavy atom. The molecule has 0 saturated heterocycles. The summed E-state index contributed by atoms with van der Waals surface area (Å²) < 4.78 is 0. The molecule has 0 atom stereocenters. The largest absolute Gasteiger partial charge is 0.369 e. The molecule has 5 heteroatoms. The van der Waals surface area contributed by atoms with Crippen molar-refractivity contribution in [2.45, 2.75) is 13.3 Å². The molecule has 0 aliphatic rings. The summed E-state index contributed by atoms with van der Waals surface area (Å²) in [5.74, 6) is -0.523. The highest BCUT2D eigenvalue weighted by Gasteiger charge is 2.16. The monoisotopic (exact) mass is 347 g/mol. The van der Waals surface area contributed by atoms with E-state index >= 15 is 0 Å². The van der Waals surface area contributed by atoms with E-state index < -0.39 is 0 Å². The third kappa shape index (κ3) is 2.99. The molecule has 0 radical (unpaired) electrons. The van der Waals surface area contributed by atoms with Crippen LogP contribution in [0.1, 0.15) is 11.1 Å². The van der Waals surface area contributed by atoms with Gasteiger partial charge >= 0.3 is 0 Å². The van der Waals surface area contributed by atoms with Gasteiger partial charge in [-0.1, -0.05) is 30.8 Å². The van der Waals surface area contributed by atoms with Gasteiger partial charge in [-0.15, -0.1) is 0 Å². The van der Waals surface area contributed by atoms with E-state index in [9.17, 15) is 9.59 Å². The number of carbonyl (C=O) groups is 2. The highest BCUT2D eigenvalue weighted by Crippen LogP contribution is 2.35. The summed E-state index contributed by atoms with van der Waals surface area (Å²) in [7, 11) is 1.73. The highest BCUT2D eigenvalue weighted by molar-refractivity contribution is 6.03. The minimum Gasteiger partial charge on any atom is -0.369 e. The Bertz CT molecular complexity index is 1020. The number of nitrogens with two attached hydrogens (primary N) is 1. The van der Waals surface area contributed by atoms with Crippen LogP contribution in [0.5, 0.6) is 0 Å². The zero-order chi connectivity index (χ0) is 18.8. The third-order valence-electron chi connectivity index (χ3n) is 4.64. The summed E-state index contributed by atoms with van der Waals surface area (Å²) in [5.41, 5.74) is 11.0. The number of likely N-dealkylation sites (N-methyl/N-ethyl adjacent to an activating group) is 1. The molecule has 132 valence electrons. The number of primary amides is 1. The molecular formula is C21H21N3O2. The first-order chi connectivity index (χ1) is 12.4. The van der Waals surface area contributed by atoms with Gasteiger partial charge in [0.25, 0.3) is 0 Å².